The molecule has 0 saturated heterocycles. The van der Waals surface area contributed by atoms with E-state index in [4.69, 9.17) is 4.74 Å². The quantitative estimate of drug-likeness (QED) is 0.507. The Balaban J connectivity index is 2.44. The van der Waals surface area contributed by atoms with Gasteiger partial charge in [0.1, 0.15) is 0 Å². The van der Waals surface area contributed by atoms with Gasteiger partial charge in [0.2, 0.25) is 5.88 Å². The summed E-state index contributed by atoms with van der Waals surface area (Å²) in [6, 6.07) is 9.52. The number of unbranched alkanes of at least 4 members (excludes halogenated alkanes) is 1. The Hall–Kier alpha value is -2.14. The number of aromatic nitrogens is 1. The number of carbonyl (C=O) groups excluding carboxylic acids is 1. The van der Waals surface area contributed by atoms with Crippen molar-refractivity contribution in [2.45, 2.75) is 40.5 Å². The van der Waals surface area contributed by atoms with E-state index in [0.717, 1.165) is 36.8 Å². The maximum atomic E-state index is 13.2. The van der Waals surface area contributed by atoms with E-state index in [-0.39, 0.29) is 5.91 Å². The van der Waals surface area contributed by atoms with Gasteiger partial charge in [0.25, 0.3) is 5.91 Å². The number of hydrogen-bond donors (Lipinski definition) is 0. The van der Waals surface area contributed by atoms with Crippen LogP contribution in [0.2, 0.25) is 0 Å². The van der Waals surface area contributed by atoms with Gasteiger partial charge in [-0.05, 0) is 19.4 Å². The molecule has 0 atom stereocenters. The molecular formula is C20H29N3O2. The predicted molar refractivity (Wildman–Crippen MR) is 102 cm³/mol. The van der Waals surface area contributed by atoms with Crippen LogP contribution in [0.4, 0.5) is 0 Å². The van der Waals surface area contributed by atoms with E-state index in [9.17, 15) is 4.79 Å². The van der Waals surface area contributed by atoms with Crippen molar-refractivity contribution in [3.63, 3.8) is 0 Å². The largest absolute Gasteiger partial charge is 0.478 e. The van der Waals surface area contributed by atoms with Crippen LogP contribution in [-0.2, 0) is 0 Å². The van der Waals surface area contributed by atoms with Crippen LogP contribution < -0.4 is 4.74 Å². The minimum atomic E-state index is -0.00913. The smallest absolute Gasteiger partial charge is 0.269 e. The van der Waals surface area contributed by atoms with Crippen LogP contribution in [0.15, 0.2) is 30.3 Å². The van der Waals surface area contributed by atoms with Gasteiger partial charge in [-0.1, -0.05) is 45.4 Å². The van der Waals surface area contributed by atoms with Crippen LogP contribution in [0.3, 0.4) is 0 Å². The summed E-state index contributed by atoms with van der Waals surface area (Å²) < 4.78 is 5.78. The number of para-hydroxylation sites is 1. The lowest BCUT2D eigenvalue weighted by molar-refractivity contribution is -0.000996. The van der Waals surface area contributed by atoms with E-state index in [2.05, 4.69) is 30.8 Å². The average Bonchev–Trinajstić information content (AvgIpc) is 2.65. The summed E-state index contributed by atoms with van der Waals surface area (Å²) in [6.45, 7) is 11.1. The van der Waals surface area contributed by atoms with E-state index in [1.165, 1.54) is 0 Å². The molecule has 0 saturated carbocycles. The zero-order valence-corrected chi connectivity index (χ0v) is 15.8. The molecule has 0 spiro atoms. The summed E-state index contributed by atoms with van der Waals surface area (Å²) in [6.07, 6.45) is 2.03. The molecule has 0 fully saturated rings. The molecule has 1 aromatic heterocycles. The van der Waals surface area contributed by atoms with E-state index in [0.29, 0.717) is 24.6 Å². The van der Waals surface area contributed by atoms with Gasteiger partial charge in [-0.25, -0.2) is 9.99 Å². The van der Waals surface area contributed by atoms with Gasteiger partial charge in [-0.2, -0.15) is 0 Å². The van der Waals surface area contributed by atoms with Crippen molar-refractivity contribution >= 4 is 16.8 Å². The number of pyridine rings is 1. The van der Waals surface area contributed by atoms with Crippen LogP contribution >= 0.6 is 0 Å². The van der Waals surface area contributed by atoms with Crippen molar-refractivity contribution in [2.75, 3.05) is 26.2 Å². The maximum absolute atomic E-state index is 13.2. The molecule has 1 heterocycles. The number of rotatable bonds is 9. The molecule has 1 aromatic carbocycles. The summed E-state index contributed by atoms with van der Waals surface area (Å²) in [7, 11) is 0. The van der Waals surface area contributed by atoms with Crippen molar-refractivity contribution in [1.82, 2.24) is 15.0 Å². The third-order valence-corrected chi connectivity index (χ3v) is 4.28. The van der Waals surface area contributed by atoms with Crippen LogP contribution in [0.25, 0.3) is 10.9 Å². The maximum Gasteiger partial charge on any atom is 0.269 e. The second kappa shape index (κ2) is 9.37. The third-order valence-electron chi connectivity index (χ3n) is 4.28. The minimum absolute atomic E-state index is 0.00913. The molecule has 0 aliphatic carbocycles. The minimum Gasteiger partial charge on any atom is -0.478 e. The monoisotopic (exact) mass is 343 g/mol. The molecule has 0 aliphatic rings. The fourth-order valence-corrected chi connectivity index (χ4v) is 2.90. The fraction of sp³-hybridized carbons (Fsp3) is 0.500. The number of amides is 1. The van der Waals surface area contributed by atoms with Crippen molar-refractivity contribution in [3.8, 4) is 5.88 Å². The van der Waals surface area contributed by atoms with Gasteiger partial charge in [-0.3, -0.25) is 9.80 Å². The van der Waals surface area contributed by atoms with Gasteiger partial charge in [0.15, 0.2) is 0 Å². The van der Waals surface area contributed by atoms with E-state index in [1.807, 2.05) is 31.2 Å². The lowest BCUT2D eigenvalue weighted by Gasteiger charge is -2.32. The first kappa shape index (κ1) is 19.2. The highest BCUT2D eigenvalue weighted by molar-refractivity contribution is 6.06. The molecule has 2 rings (SSSR count). The average molecular weight is 343 g/mol. The Bertz CT molecular complexity index is 698. The van der Waals surface area contributed by atoms with Crippen molar-refractivity contribution < 1.29 is 9.53 Å². The molecule has 0 unspecified atom stereocenters. The number of benzene rings is 1. The van der Waals surface area contributed by atoms with Crippen molar-refractivity contribution in [1.29, 1.82) is 0 Å². The molecule has 0 radical (unpaired) electrons. The Morgan fingerprint density at radius 2 is 1.80 bits per heavy atom. The first-order chi connectivity index (χ1) is 12.2. The number of hydrogen-bond acceptors (Lipinski definition) is 4. The molecule has 0 aliphatic heterocycles. The van der Waals surface area contributed by atoms with E-state index < -0.39 is 0 Å². The lowest BCUT2D eigenvalue weighted by atomic mass is 10.1. The highest BCUT2D eigenvalue weighted by Gasteiger charge is 2.22. The number of hydrazine groups is 1. The molecular weight excluding hydrogens is 314 g/mol. The molecule has 25 heavy (non-hydrogen) atoms. The predicted octanol–water partition coefficient (Wildman–Crippen LogP) is 4.13. The lowest BCUT2D eigenvalue weighted by Crippen LogP contribution is -2.46. The zero-order valence-electron chi connectivity index (χ0n) is 15.8. The molecule has 136 valence electrons. The van der Waals surface area contributed by atoms with Gasteiger partial charge in [-0.15, -0.1) is 0 Å². The normalized spacial score (nSPS) is 11.1. The third kappa shape index (κ3) is 4.48. The Labute approximate surface area is 150 Å². The summed E-state index contributed by atoms with van der Waals surface area (Å²) in [5.41, 5.74) is 1.43. The second-order valence-corrected chi connectivity index (χ2v) is 5.89. The van der Waals surface area contributed by atoms with Gasteiger partial charge < -0.3 is 4.74 Å². The summed E-state index contributed by atoms with van der Waals surface area (Å²) in [4.78, 5) is 17.8. The molecule has 0 N–H and O–H groups in total. The number of ether oxygens (including phenoxy) is 1. The highest BCUT2D eigenvalue weighted by Crippen LogP contribution is 2.24. The Kier molecular flexibility index (Phi) is 7.19. The summed E-state index contributed by atoms with van der Waals surface area (Å²) >= 11 is 0. The Morgan fingerprint density at radius 3 is 2.44 bits per heavy atom. The summed E-state index contributed by atoms with van der Waals surface area (Å²) in [5, 5.41) is 4.72. The molecule has 5 nitrogen and oxygen atoms in total. The molecule has 1 amide bonds. The first-order valence-corrected chi connectivity index (χ1v) is 9.25. The second-order valence-electron chi connectivity index (χ2n) is 5.89. The molecule has 5 heteroatoms. The van der Waals surface area contributed by atoms with Crippen LogP contribution in [-0.4, -0.2) is 47.2 Å². The molecule has 2 aromatic rings. The van der Waals surface area contributed by atoms with Crippen LogP contribution in [0.1, 0.15) is 50.9 Å². The standard InChI is InChI=1S/C20H29N3O2/c1-5-9-14-25-19-15-17(16-12-10-11-13-18(16)21-19)20(24)23(8-4)22(6-2)7-3/h10-13,15H,5-9,14H2,1-4H3. The fourth-order valence-electron chi connectivity index (χ4n) is 2.90. The summed E-state index contributed by atoms with van der Waals surface area (Å²) in [5.74, 6) is 0.510. The number of fused-ring (bicyclic) bond motifs is 1. The molecule has 0 bridgehead atoms. The number of nitrogens with zero attached hydrogens (tertiary/aromatic N) is 3. The van der Waals surface area contributed by atoms with Crippen LogP contribution in [0, 0.1) is 0 Å². The van der Waals surface area contributed by atoms with Gasteiger partial charge >= 0.3 is 0 Å². The van der Waals surface area contributed by atoms with Gasteiger partial charge in [0, 0.05) is 31.1 Å². The highest BCUT2D eigenvalue weighted by atomic mass is 16.5. The van der Waals surface area contributed by atoms with E-state index in [1.54, 1.807) is 11.1 Å². The van der Waals surface area contributed by atoms with Gasteiger partial charge in [0.05, 0.1) is 17.7 Å². The van der Waals surface area contributed by atoms with Crippen molar-refractivity contribution in [2.24, 2.45) is 0 Å². The first-order valence-electron chi connectivity index (χ1n) is 9.25. The SMILES string of the molecule is CCCCOc1cc(C(=O)N(CC)N(CC)CC)c2ccccc2n1. The topological polar surface area (TPSA) is 45.7 Å². The Morgan fingerprint density at radius 1 is 1.08 bits per heavy atom. The number of carbonyl (C=O) groups is 1. The van der Waals surface area contributed by atoms with E-state index >= 15 is 0 Å². The van der Waals surface area contributed by atoms with Crippen molar-refractivity contribution in [3.05, 3.63) is 35.9 Å². The zero-order chi connectivity index (χ0) is 18.2. The van der Waals surface area contributed by atoms with Crippen LogP contribution in [0.5, 0.6) is 5.88 Å².